The van der Waals surface area contributed by atoms with E-state index in [2.05, 4.69) is 12.1 Å². The summed E-state index contributed by atoms with van der Waals surface area (Å²) in [5, 5.41) is 10.1. The van der Waals surface area contributed by atoms with E-state index in [9.17, 15) is 5.11 Å². The van der Waals surface area contributed by atoms with Crippen molar-refractivity contribution in [1.29, 1.82) is 0 Å². The van der Waals surface area contributed by atoms with Crippen LogP contribution in [0.4, 0.5) is 0 Å². The zero-order chi connectivity index (χ0) is 13.1. The standard InChI is InChI=1S/C18H19O/c19-18-12-11-16(14-7-3-1-4-8-14)13-17(18)15-9-5-2-6-10-15/h2,5-6,9-13,19H,1,3-4,7-8H2. The third kappa shape index (κ3) is 2.65. The van der Waals surface area contributed by atoms with Gasteiger partial charge < -0.3 is 5.11 Å². The molecule has 2 aromatic rings. The number of hydrogen-bond donors (Lipinski definition) is 1. The van der Waals surface area contributed by atoms with Crippen molar-refractivity contribution in [2.24, 2.45) is 0 Å². The minimum Gasteiger partial charge on any atom is -0.507 e. The zero-order valence-electron chi connectivity index (χ0n) is 11.1. The highest BCUT2D eigenvalue weighted by Crippen LogP contribution is 2.36. The predicted octanol–water partition coefficient (Wildman–Crippen LogP) is 4.95. The average Bonchev–Trinajstić information content (AvgIpc) is 2.49. The lowest BCUT2D eigenvalue weighted by atomic mass is 9.83. The van der Waals surface area contributed by atoms with Crippen LogP contribution in [0.25, 0.3) is 11.1 Å². The molecule has 0 unspecified atom stereocenters. The molecule has 19 heavy (non-hydrogen) atoms. The van der Waals surface area contributed by atoms with Gasteiger partial charge in [-0.25, -0.2) is 0 Å². The summed E-state index contributed by atoms with van der Waals surface area (Å²) in [4.78, 5) is 0. The summed E-state index contributed by atoms with van der Waals surface area (Å²) in [7, 11) is 0. The van der Waals surface area contributed by atoms with E-state index in [1.54, 1.807) is 5.92 Å². The first-order valence-corrected chi connectivity index (χ1v) is 7.08. The lowest BCUT2D eigenvalue weighted by Gasteiger charge is -2.22. The maximum absolute atomic E-state index is 10.1. The van der Waals surface area contributed by atoms with Gasteiger partial charge in [-0.2, -0.15) is 0 Å². The van der Waals surface area contributed by atoms with Crippen molar-refractivity contribution in [1.82, 2.24) is 0 Å². The van der Waals surface area contributed by atoms with Gasteiger partial charge in [0.2, 0.25) is 0 Å². The van der Waals surface area contributed by atoms with Crippen molar-refractivity contribution in [2.75, 3.05) is 0 Å². The minimum absolute atomic E-state index is 0.367. The molecule has 0 aliphatic heterocycles. The van der Waals surface area contributed by atoms with E-state index in [4.69, 9.17) is 0 Å². The van der Waals surface area contributed by atoms with Crippen LogP contribution in [0.1, 0.15) is 37.7 Å². The topological polar surface area (TPSA) is 20.2 Å². The molecule has 3 rings (SSSR count). The second-order valence-corrected chi connectivity index (χ2v) is 5.26. The third-order valence-electron chi connectivity index (χ3n) is 3.95. The molecule has 1 aliphatic carbocycles. The zero-order valence-corrected chi connectivity index (χ0v) is 11.1. The first-order valence-electron chi connectivity index (χ1n) is 7.08. The number of hydrogen-bond acceptors (Lipinski definition) is 1. The Hall–Kier alpha value is -1.76. The van der Waals surface area contributed by atoms with E-state index < -0.39 is 0 Å². The van der Waals surface area contributed by atoms with E-state index in [0.717, 1.165) is 11.1 Å². The lowest BCUT2D eigenvalue weighted by molar-refractivity contribution is 0.477. The van der Waals surface area contributed by atoms with Crippen molar-refractivity contribution < 1.29 is 5.11 Å². The molecule has 1 fully saturated rings. The Balaban J connectivity index is 1.96. The maximum atomic E-state index is 10.1. The number of rotatable bonds is 2. The Bertz CT molecular complexity index is 539. The fourth-order valence-corrected chi connectivity index (χ4v) is 2.87. The van der Waals surface area contributed by atoms with E-state index in [1.165, 1.54) is 37.7 Å². The monoisotopic (exact) mass is 251 g/mol. The van der Waals surface area contributed by atoms with Gasteiger partial charge in [-0.05, 0) is 36.1 Å². The SMILES string of the molecule is Oc1ccc([C]2CCCCC2)cc1-c1ccccc1. The van der Waals surface area contributed by atoms with Crippen molar-refractivity contribution in [3.8, 4) is 16.9 Å². The largest absolute Gasteiger partial charge is 0.507 e. The summed E-state index contributed by atoms with van der Waals surface area (Å²) in [5.41, 5.74) is 3.32. The summed E-state index contributed by atoms with van der Waals surface area (Å²) in [6.07, 6.45) is 6.37. The fraction of sp³-hybridized carbons (Fsp3) is 0.278. The van der Waals surface area contributed by atoms with Gasteiger partial charge >= 0.3 is 0 Å². The lowest BCUT2D eigenvalue weighted by Crippen LogP contribution is -2.05. The summed E-state index contributed by atoms with van der Waals surface area (Å²) in [6, 6.07) is 16.1. The molecular weight excluding hydrogens is 232 g/mol. The molecule has 0 heterocycles. The minimum atomic E-state index is 0.367. The second-order valence-electron chi connectivity index (χ2n) is 5.26. The fourth-order valence-electron chi connectivity index (χ4n) is 2.87. The Labute approximate surface area is 114 Å². The van der Waals surface area contributed by atoms with E-state index in [0.29, 0.717) is 5.75 Å². The summed E-state index contributed by atoms with van der Waals surface area (Å²) < 4.78 is 0. The first-order chi connectivity index (χ1) is 9.34. The van der Waals surface area contributed by atoms with Crippen molar-refractivity contribution in [3.05, 3.63) is 60.0 Å². The molecule has 0 bridgehead atoms. The number of phenols is 1. The highest BCUT2D eigenvalue weighted by atomic mass is 16.3. The van der Waals surface area contributed by atoms with Gasteiger partial charge in [0.15, 0.2) is 0 Å². The molecule has 1 radical (unpaired) electrons. The van der Waals surface area contributed by atoms with Crippen LogP contribution >= 0.6 is 0 Å². The Kier molecular flexibility index (Phi) is 3.54. The van der Waals surface area contributed by atoms with Crippen molar-refractivity contribution >= 4 is 0 Å². The molecule has 2 aromatic carbocycles. The molecule has 0 amide bonds. The molecular formula is C18H19O. The van der Waals surface area contributed by atoms with Gasteiger partial charge in [-0.3, -0.25) is 0 Å². The van der Waals surface area contributed by atoms with Crippen LogP contribution in [0.3, 0.4) is 0 Å². The van der Waals surface area contributed by atoms with Gasteiger partial charge in [-0.15, -0.1) is 0 Å². The van der Waals surface area contributed by atoms with Gasteiger partial charge in [0, 0.05) is 11.5 Å². The van der Waals surface area contributed by atoms with Gasteiger partial charge in [-0.1, -0.05) is 55.7 Å². The number of aromatic hydroxyl groups is 1. The van der Waals surface area contributed by atoms with Crippen LogP contribution in [-0.4, -0.2) is 5.11 Å². The molecule has 1 heteroatoms. The first kappa shape index (κ1) is 12.3. The van der Waals surface area contributed by atoms with Gasteiger partial charge in [0.05, 0.1) is 0 Å². The molecule has 1 aliphatic rings. The second kappa shape index (κ2) is 5.48. The Morgan fingerprint density at radius 1 is 0.737 bits per heavy atom. The van der Waals surface area contributed by atoms with E-state index in [1.807, 2.05) is 36.4 Å². The van der Waals surface area contributed by atoms with Gasteiger partial charge in [0.1, 0.15) is 5.75 Å². The van der Waals surface area contributed by atoms with Crippen LogP contribution in [0, 0.1) is 5.92 Å². The highest BCUT2D eigenvalue weighted by Gasteiger charge is 2.17. The smallest absolute Gasteiger partial charge is 0.123 e. The molecule has 0 spiro atoms. The van der Waals surface area contributed by atoms with Crippen LogP contribution in [-0.2, 0) is 0 Å². The quantitative estimate of drug-likeness (QED) is 0.801. The maximum Gasteiger partial charge on any atom is 0.123 e. The van der Waals surface area contributed by atoms with E-state index >= 15 is 0 Å². The molecule has 0 aromatic heterocycles. The molecule has 1 saturated carbocycles. The third-order valence-corrected chi connectivity index (χ3v) is 3.95. The van der Waals surface area contributed by atoms with Crippen LogP contribution in [0.5, 0.6) is 5.75 Å². The molecule has 0 saturated heterocycles. The molecule has 0 atom stereocenters. The molecule has 1 N–H and O–H groups in total. The van der Waals surface area contributed by atoms with Crippen LogP contribution in [0.15, 0.2) is 48.5 Å². The van der Waals surface area contributed by atoms with Crippen molar-refractivity contribution in [3.63, 3.8) is 0 Å². The normalized spacial score (nSPS) is 16.4. The van der Waals surface area contributed by atoms with Crippen LogP contribution in [0.2, 0.25) is 0 Å². The number of benzene rings is 2. The summed E-state index contributed by atoms with van der Waals surface area (Å²) in [6.45, 7) is 0. The predicted molar refractivity (Wildman–Crippen MR) is 79.0 cm³/mol. The average molecular weight is 251 g/mol. The summed E-state index contributed by atoms with van der Waals surface area (Å²) >= 11 is 0. The van der Waals surface area contributed by atoms with E-state index in [-0.39, 0.29) is 0 Å². The summed E-state index contributed by atoms with van der Waals surface area (Å²) in [5.74, 6) is 1.91. The van der Waals surface area contributed by atoms with Crippen molar-refractivity contribution in [2.45, 2.75) is 32.1 Å². The van der Waals surface area contributed by atoms with Gasteiger partial charge in [0.25, 0.3) is 0 Å². The molecule has 1 nitrogen and oxygen atoms in total. The molecule has 97 valence electrons. The highest BCUT2D eigenvalue weighted by molar-refractivity contribution is 5.71. The number of phenolic OH excluding ortho intramolecular Hbond substituents is 1. The Morgan fingerprint density at radius 2 is 1.47 bits per heavy atom. The van der Waals surface area contributed by atoms with Crippen LogP contribution < -0.4 is 0 Å². The Morgan fingerprint density at radius 3 is 2.21 bits per heavy atom.